The summed E-state index contributed by atoms with van der Waals surface area (Å²) in [5.74, 6) is 0.596. The SMILES string of the molecule is Cc1ccc(F)c(CN2CCn3nc(CNc4cnccn4)cc3C2)c1. The van der Waals surface area contributed by atoms with E-state index in [2.05, 4.69) is 31.3 Å². The molecule has 0 fully saturated rings. The summed E-state index contributed by atoms with van der Waals surface area (Å²) in [5.41, 5.74) is 3.96. The van der Waals surface area contributed by atoms with E-state index in [1.54, 1.807) is 30.7 Å². The summed E-state index contributed by atoms with van der Waals surface area (Å²) in [4.78, 5) is 10.5. The predicted octanol–water partition coefficient (Wildman–Crippen LogP) is 2.75. The summed E-state index contributed by atoms with van der Waals surface area (Å²) in [6, 6.07) is 7.38. The van der Waals surface area contributed by atoms with Crippen molar-refractivity contribution in [3.05, 3.63) is 71.2 Å². The third-order valence-electron chi connectivity index (χ3n) is 4.54. The van der Waals surface area contributed by atoms with Crippen molar-refractivity contribution < 1.29 is 4.39 Å². The van der Waals surface area contributed by atoms with E-state index in [1.165, 1.54) is 0 Å². The molecule has 134 valence electrons. The summed E-state index contributed by atoms with van der Waals surface area (Å²) >= 11 is 0. The monoisotopic (exact) mass is 352 g/mol. The van der Waals surface area contributed by atoms with Crippen molar-refractivity contribution in [1.29, 1.82) is 0 Å². The molecule has 2 aromatic heterocycles. The molecule has 0 bridgehead atoms. The first-order chi connectivity index (χ1) is 12.7. The minimum atomic E-state index is -0.136. The molecular weight excluding hydrogens is 331 g/mol. The molecule has 7 heteroatoms. The number of benzene rings is 1. The van der Waals surface area contributed by atoms with Crippen molar-refractivity contribution in [2.45, 2.75) is 33.1 Å². The molecule has 1 aliphatic rings. The Morgan fingerprint density at radius 2 is 2.12 bits per heavy atom. The topological polar surface area (TPSA) is 58.9 Å². The fraction of sp³-hybridized carbons (Fsp3) is 0.316. The van der Waals surface area contributed by atoms with E-state index in [-0.39, 0.29) is 5.82 Å². The number of aromatic nitrogens is 4. The Bertz CT molecular complexity index is 892. The second-order valence-electron chi connectivity index (χ2n) is 6.60. The quantitative estimate of drug-likeness (QED) is 0.765. The van der Waals surface area contributed by atoms with Crippen molar-refractivity contribution in [3.63, 3.8) is 0 Å². The van der Waals surface area contributed by atoms with Gasteiger partial charge in [-0.3, -0.25) is 14.6 Å². The van der Waals surface area contributed by atoms with E-state index in [0.29, 0.717) is 13.1 Å². The zero-order chi connectivity index (χ0) is 17.9. The second kappa shape index (κ2) is 7.21. The Hall–Kier alpha value is -2.80. The lowest BCUT2D eigenvalue weighted by atomic mass is 10.1. The lowest BCUT2D eigenvalue weighted by Gasteiger charge is -2.27. The zero-order valence-electron chi connectivity index (χ0n) is 14.7. The van der Waals surface area contributed by atoms with Gasteiger partial charge < -0.3 is 5.32 Å². The van der Waals surface area contributed by atoms with Crippen LogP contribution in [0.15, 0.2) is 42.9 Å². The third-order valence-corrected chi connectivity index (χ3v) is 4.54. The van der Waals surface area contributed by atoms with E-state index in [9.17, 15) is 4.39 Å². The van der Waals surface area contributed by atoms with Gasteiger partial charge in [0, 0.05) is 37.6 Å². The number of hydrogen-bond donors (Lipinski definition) is 1. The maximum absolute atomic E-state index is 14.0. The van der Waals surface area contributed by atoms with Gasteiger partial charge in [0.25, 0.3) is 0 Å². The highest BCUT2D eigenvalue weighted by Crippen LogP contribution is 2.19. The highest BCUT2D eigenvalue weighted by Gasteiger charge is 2.19. The highest BCUT2D eigenvalue weighted by atomic mass is 19.1. The largest absolute Gasteiger partial charge is 0.363 e. The van der Waals surface area contributed by atoms with Crippen molar-refractivity contribution >= 4 is 5.82 Å². The molecule has 26 heavy (non-hydrogen) atoms. The molecule has 0 unspecified atom stereocenters. The molecule has 1 aliphatic heterocycles. The van der Waals surface area contributed by atoms with Crippen LogP contribution < -0.4 is 5.32 Å². The van der Waals surface area contributed by atoms with Crippen LogP contribution in [0.25, 0.3) is 0 Å². The van der Waals surface area contributed by atoms with Crippen LogP contribution >= 0.6 is 0 Å². The van der Waals surface area contributed by atoms with E-state index in [0.717, 1.165) is 48.0 Å². The van der Waals surface area contributed by atoms with Crippen LogP contribution in [0.5, 0.6) is 0 Å². The Kier molecular flexibility index (Phi) is 4.62. The molecule has 3 heterocycles. The van der Waals surface area contributed by atoms with Gasteiger partial charge in [-0.1, -0.05) is 17.7 Å². The zero-order valence-corrected chi connectivity index (χ0v) is 14.7. The molecule has 3 aromatic rings. The predicted molar refractivity (Wildman–Crippen MR) is 96.8 cm³/mol. The van der Waals surface area contributed by atoms with Crippen LogP contribution in [0.3, 0.4) is 0 Å². The van der Waals surface area contributed by atoms with Crippen LogP contribution in [0, 0.1) is 12.7 Å². The van der Waals surface area contributed by atoms with Gasteiger partial charge in [0.1, 0.15) is 11.6 Å². The lowest BCUT2D eigenvalue weighted by molar-refractivity contribution is 0.202. The van der Waals surface area contributed by atoms with Gasteiger partial charge in [-0.05, 0) is 19.1 Å². The average molecular weight is 352 g/mol. The first kappa shape index (κ1) is 16.7. The van der Waals surface area contributed by atoms with E-state index < -0.39 is 0 Å². The number of rotatable bonds is 5. The van der Waals surface area contributed by atoms with E-state index >= 15 is 0 Å². The number of hydrogen-bond acceptors (Lipinski definition) is 5. The number of fused-ring (bicyclic) bond motifs is 1. The van der Waals surface area contributed by atoms with Crippen molar-refractivity contribution in [3.8, 4) is 0 Å². The molecular formula is C19H21FN6. The first-order valence-corrected chi connectivity index (χ1v) is 8.70. The fourth-order valence-corrected chi connectivity index (χ4v) is 3.24. The van der Waals surface area contributed by atoms with Crippen LogP contribution in [-0.4, -0.2) is 31.2 Å². The standard InChI is InChI=1S/C19H21FN6/c1-14-2-3-18(20)15(8-14)12-25-6-7-26-17(13-25)9-16(24-26)10-23-19-11-21-4-5-22-19/h2-5,8-9,11H,6-7,10,12-13H2,1H3,(H,22,23). The van der Waals surface area contributed by atoms with Gasteiger partial charge in [-0.2, -0.15) is 5.10 Å². The average Bonchev–Trinajstić information content (AvgIpc) is 3.06. The minimum absolute atomic E-state index is 0.136. The Morgan fingerprint density at radius 1 is 1.19 bits per heavy atom. The fourth-order valence-electron chi connectivity index (χ4n) is 3.24. The van der Waals surface area contributed by atoms with E-state index in [1.807, 2.05) is 17.7 Å². The van der Waals surface area contributed by atoms with Crippen LogP contribution in [-0.2, 0) is 26.2 Å². The smallest absolute Gasteiger partial charge is 0.144 e. The van der Waals surface area contributed by atoms with Gasteiger partial charge in [-0.15, -0.1) is 0 Å². The maximum atomic E-state index is 14.0. The number of nitrogens with zero attached hydrogens (tertiary/aromatic N) is 5. The van der Waals surface area contributed by atoms with Crippen molar-refractivity contribution in [1.82, 2.24) is 24.6 Å². The Balaban J connectivity index is 1.41. The molecule has 4 rings (SSSR count). The van der Waals surface area contributed by atoms with Crippen LogP contribution in [0.1, 0.15) is 22.5 Å². The summed E-state index contributed by atoms with van der Waals surface area (Å²) in [7, 11) is 0. The first-order valence-electron chi connectivity index (χ1n) is 8.70. The number of aryl methyl sites for hydroxylation is 1. The summed E-state index contributed by atoms with van der Waals surface area (Å²) in [6.45, 7) is 5.65. The van der Waals surface area contributed by atoms with E-state index in [4.69, 9.17) is 0 Å². The number of nitrogens with one attached hydrogen (secondary N) is 1. The van der Waals surface area contributed by atoms with Gasteiger partial charge in [-0.25, -0.2) is 9.37 Å². The van der Waals surface area contributed by atoms with Crippen molar-refractivity contribution in [2.24, 2.45) is 0 Å². The van der Waals surface area contributed by atoms with Gasteiger partial charge in [0.15, 0.2) is 0 Å². The van der Waals surface area contributed by atoms with Crippen molar-refractivity contribution in [2.75, 3.05) is 11.9 Å². The van der Waals surface area contributed by atoms with Crippen LogP contribution in [0.4, 0.5) is 10.2 Å². The van der Waals surface area contributed by atoms with Gasteiger partial charge >= 0.3 is 0 Å². The summed E-state index contributed by atoms with van der Waals surface area (Å²) < 4.78 is 16.1. The Labute approximate surface area is 151 Å². The number of anilines is 1. The van der Waals surface area contributed by atoms with Crippen LogP contribution in [0.2, 0.25) is 0 Å². The second-order valence-corrected chi connectivity index (χ2v) is 6.60. The molecule has 0 saturated heterocycles. The lowest BCUT2D eigenvalue weighted by Crippen LogP contribution is -2.33. The molecule has 0 saturated carbocycles. The Morgan fingerprint density at radius 3 is 2.96 bits per heavy atom. The molecule has 0 aliphatic carbocycles. The molecule has 1 N–H and O–H groups in total. The molecule has 0 atom stereocenters. The molecule has 1 aromatic carbocycles. The number of halogens is 1. The highest BCUT2D eigenvalue weighted by molar-refractivity contribution is 5.31. The van der Waals surface area contributed by atoms with Gasteiger partial charge in [0.05, 0.1) is 30.7 Å². The normalized spacial score (nSPS) is 14.2. The molecule has 0 amide bonds. The maximum Gasteiger partial charge on any atom is 0.144 e. The molecule has 6 nitrogen and oxygen atoms in total. The molecule has 0 radical (unpaired) electrons. The summed E-state index contributed by atoms with van der Waals surface area (Å²) in [5, 5.41) is 7.87. The minimum Gasteiger partial charge on any atom is -0.363 e. The molecule has 0 spiro atoms. The summed E-state index contributed by atoms with van der Waals surface area (Å²) in [6.07, 6.45) is 4.99. The van der Waals surface area contributed by atoms with Gasteiger partial charge in [0.2, 0.25) is 0 Å². The third kappa shape index (κ3) is 3.72.